The van der Waals surface area contributed by atoms with Gasteiger partial charge in [-0.2, -0.15) is 0 Å². The van der Waals surface area contributed by atoms with E-state index in [0.717, 1.165) is 18.6 Å². The van der Waals surface area contributed by atoms with Crippen LogP contribution in [0, 0.1) is 16.7 Å². The van der Waals surface area contributed by atoms with Crippen molar-refractivity contribution in [3.05, 3.63) is 71.8 Å². The van der Waals surface area contributed by atoms with Crippen molar-refractivity contribution in [3.8, 4) is 0 Å². The third-order valence-electron chi connectivity index (χ3n) is 9.46. The van der Waals surface area contributed by atoms with Crippen molar-refractivity contribution >= 4 is 26.6 Å². The molecule has 0 heterocycles. The van der Waals surface area contributed by atoms with E-state index in [1.165, 1.54) is 31.2 Å². The van der Waals surface area contributed by atoms with E-state index in [1.54, 1.807) is 12.1 Å². The molecule has 3 aliphatic carbocycles. The van der Waals surface area contributed by atoms with Crippen molar-refractivity contribution in [1.29, 1.82) is 0 Å². The molecule has 4 nitrogen and oxygen atoms in total. The molecule has 0 spiro atoms. The molecule has 35 heavy (non-hydrogen) atoms. The van der Waals surface area contributed by atoms with E-state index < -0.39 is 0 Å². The Morgan fingerprint density at radius 3 is 2.31 bits per heavy atom. The molecule has 3 fully saturated rings. The minimum absolute atomic E-state index is 0.0435. The number of oxime groups is 1. The summed E-state index contributed by atoms with van der Waals surface area (Å²) in [7, 11) is 1.89. The molecule has 2 unspecified atom stereocenters. The van der Waals surface area contributed by atoms with Crippen LogP contribution in [0.4, 0.5) is 0 Å². The Balaban J connectivity index is 1.47. The number of ether oxygens (including phenoxy) is 1. The number of carbonyl (C=O) groups is 1. The Labute approximate surface area is 216 Å². The predicted molar refractivity (Wildman–Crippen MR) is 141 cm³/mol. The predicted octanol–water partition coefficient (Wildman–Crippen LogP) is 7.05. The van der Waals surface area contributed by atoms with Gasteiger partial charge in [-0.1, -0.05) is 0 Å². The van der Waals surface area contributed by atoms with Crippen LogP contribution in [-0.4, -0.2) is 33.7 Å². The Kier molecular flexibility index (Phi) is 6.71. The molecule has 5 rings (SSSR count). The van der Waals surface area contributed by atoms with Gasteiger partial charge in [-0.25, -0.2) is 0 Å². The monoisotopic (exact) mass is 539 g/mol. The van der Waals surface area contributed by atoms with Gasteiger partial charge in [0.25, 0.3) is 0 Å². The van der Waals surface area contributed by atoms with Gasteiger partial charge < -0.3 is 0 Å². The molecule has 2 aromatic rings. The number of methoxy groups -OCH3 is 1. The molecule has 0 amide bonds. The minimum atomic E-state index is -0.373. The Hall–Kier alpha value is -1.94. The molecule has 0 saturated heterocycles. The van der Waals surface area contributed by atoms with Crippen LogP contribution < -0.4 is 0 Å². The van der Waals surface area contributed by atoms with Gasteiger partial charge in [-0.05, 0) is 0 Å². The van der Waals surface area contributed by atoms with Gasteiger partial charge in [0.2, 0.25) is 0 Å². The van der Waals surface area contributed by atoms with Crippen LogP contribution in [0.1, 0.15) is 75.2 Å². The summed E-state index contributed by atoms with van der Waals surface area (Å²) in [5.74, 6) is 0.190. The van der Waals surface area contributed by atoms with Gasteiger partial charge in [0.15, 0.2) is 0 Å². The number of rotatable bonds is 6. The fourth-order valence-electron chi connectivity index (χ4n) is 6.93. The van der Waals surface area contributed by atoms with E-state index in [9.17, 15) is 4.79 Å². The van der Waals surface area contributed by atoms with Crippen LogP contribution in [0.2, 0.25) is 9.63 Å². The second-order valence-corrected chi connectivity index (χ2v) is 14.0. The molecule has 0 radical (unpaired) electrons. The van der Waals surface area contributed by atoms with Gasteiger partial charge in [-0.15, -0.1) is 0 Å². The van der Waals surface area contributed by atoms with Crippen molar-refractivity contribution < 1.29 is 14.4 Å². The van der Waals surface area contributed by atoms with Gasteiger partial charge >= 0.3 is 216 Å². The molecule has 0 aliphatic heterocycles. The standard InChI is InChI=1S/C30H37NO3Se/c1-28(2)23-18-20-29(28,3)26(31-34-27(32)21-13-7-5-8-14-21)25(23)35-24-17-11-12-19-30(24,33-4)22-15-9-6-10-16-22/h5-10,13-16,23-25H,11-12,17-20H2,1-4H3/b31-26-/t23-,24?,25+,29+,30?/m1/s1. The van der Waals surface area contributed by atoms with E-state index in [-0.39, 0.29) is 37.4 Å². The van der Waals surface area contributed by atoms with Gasteiger partial charge in [-0.3, -0.25) is 0 Å². The summed E-state index contributed by atoms with van der Waals surface area (Å²) in [6.07, 6.45) is 7.02. The Bertz CT molecular complexity index is 1090. The van der Waals surface area contributed by atoms with E-state index in [4.69, 9.17) is 9.57 Å². The van der Waals surface area contributed by atoms with Gasteiger partial charge in [0.05, 0.1) is 0 Å². The van der Waals surface area contributed by atoms with Crippen molar-refractivity contribution in [2.24, 2.45) is 21.9 Å². The molecule has 0 aromatic heterocycles. The summed E-state index contributed by atoms with van der Waals surface area (Å²) in [4.78, 5) is 19.2. The van der Waals surface area contributed by atoms with Gasteiger partial charge in [0.1, 0.15) is 0 Å². The third-order valence-corrected chi connectivity index (χ3v) is 13.2. The summed E-state index contributed by atoms with van der Waals surface area (Å²) in [5.41, 5.74) is 2.81. The Morgan fingerprint density at radius 1 is 0.943 bits per heavy atom. The number of benzene rings is 2. The fourth-order valence-corrected chi connectivity index (χ4v) is 11.8. The molecule has 5 heteroatoms. The van der Waals surface area contributed by atoms with Crippen LogP contribution in [0.15, 0.2) is 65.8 Å². The molecule has 186 valence electrons. The van der Waals surface area contributed by atoms with Crippen molar-refractivity contribution in [2.75, 3.05) is 7.11 Å². The van der Waals surface area contributed by atoms with E-state index in [0.29, 0.717) is 21.1 Å². The van der Waals surface area contributed by atoms with Crippen LogP contribution >= 0.6 is 0 Å². The Morgan fingerprint density at radius 2 is 1.63 bits per heavy atom. The fraction of sp³-hybridized carbons (Fsp3) is 0.533. The zero-order valence-corrected chi connectivity index (χ0v) is 23.0. The van der Waals surface area contributed by atoms with Crippen molar-refractivity contribution in [1.82, 2.24) is 0 Å². The molecule has 2 bridgehead atoms. The maximum atomic E-state index is 12.8. The zero-order chi connectivity index (χ0) is 24.7. The number of carbonyl (C=O) groups excluding carboxylic acids is 1. The maximum absolute atomic E-state index is 12.8. The average Bonchev–Trinajstić information content (AvgIpc) is 3.21. The first-order valence-electron chi connectivity index (χ1n) is 12.9. The molecule has 0 N–H and O–H groups in total. The number of fused-ring (bicyclic) bond motifs is 2. The summed E-state index contributed by atoms with van der Waals surface area (Å²) in [6.45, 7) is 7.15. The summed E-state index contributed by atoms with van der Waals surface area (Å²) in [6, 6.07) is 20.0. The van der Waals surface area contributed by atoms with Crippen molar-refractivity contribution in [2.45, 2.75) is 74.5 Å². The number of nitrogens with zero attached hydrogens (tertiary/aromatic N) is 1. The first kappa shape index (κ1) is 24.7. The second-order valence-electron chi connectivity index (χ2n) is 11.2. The molecular weight excluding hydrogens is 501 g/mol. The van der Waals surface area contributed by atoms with E-state index in [2.05, 4.69) is 56.3 Å². The average molecular weight is 539 g/mol. The molecule has 3 saturated carbocycles. The molecule has 3 aliphatic rings. The van der Waals surface area contributed by atoms with Crippen LogP contribution in [0.25, 0.3) is 0 Å². The van der Waals surface area contributed by atoms with Gasteiger partial charge in [0, 0.05) is 0 Å². The van der Waals surface area contributed by atoms with Crippen molar-refractivity contribution in [3.63, 3.8) is 0 Å². The molecule has 2 aromatic carbocycles. The first-order chi connectivity index (χ1) is 16.8. The van der Waals surface area contributed by atoms with Crippen LogP contribution in [-0.2, 0) is 15.2 Å². The first-order valence-corrected chi connectivity index (χ1v) is 14.9. The second kappa shape index (κ2) is 9.50. The van der Waals surface area contributed by atoms with E-state index in [1.807, 2.05) is 25.3 Å². The topological polar surface area (TPSA) is 47.9 Å². The normalized spacial score (nSPS) is 34.7. The third kappa shape index (κ3) is 4.00. The van der Waals surface area contributed by atoms with Crippen LogP contribution in [0.5, 0.6) is 0 Å². The summed E-state index contributed by atoms with van der Waals surface area (Å²) >= 11 is 0.268. The van der Waals surface area contributed by atoms with E-state index >= 15 is 0 Å². The van der Waals surface area contributed by atoms with Crippen LogP contribution in [0.3, 0.4) is 0 Å². The quantitative estimate of drug-likeness (QED) is 0.225. The SMILES string of the molecule is COC1(c2ccccc2)CCCCC1[Se][C@@H]1/C(=N/OC(=O)c2ccccc2)[C@]2(C)CC[C@H]1C2(C)C. The molecule has 5 atom stereocenters. The summed E-state index contributed by atoms with van der Waals surface area (Å²) < 4.78 is 6.43. The number of hydrogen-bond donors (Lipinski definition) is 0. The summed E-state index contributed by atoms with van der Waals surface area (Å²) in [5, 5.41) is 4.68. The molecular formula is C30H37NO3Se. The zero-order valence-electron chi connectivity index (χ0n) is 21.3. The number of hydrogen-bond acceptors (Lipinski definition) is 4.